The molecule has 2 aliphatic rings. The second kappa shape index (κ2) is 6.03. The Labute approximate surface area is 151 Å². The third-order valence-electron chi connectivity index (χ3n) is 5.19. The third-order valence-corrected chi connectivity index (χ3v) is 6.01. The molecule has 4 heteroatoms. The summed E-state index contributed by atoms with van der Waals surface area (Å²) >= 11 is 12.4. The van der Waals surface area contributed by atoms with E-state index in [4.69, 9.17) is 23.2 Å². The van der Waals surface area contributed by atoms with E-state index in [2.05, 4.69) is 23.5 Å². The SMILES string of the molecule is O=C(C1=Cc2ccccc2C12CCNCC2)c1cccc(Cl)c1Cl. The lowest BCUT2D eigenvalue weighted by Gasteiger charge is -2.37. The van der Waals surface area contributed by atoms with Gasteiger partial charge in [-0.2, -0.15) is 0 Å². The zero-order chi connectivity index (χ0) is 16.7. The molecule has 0 unspecified atom stereocenters. The summed E-state index contributed by atoms with van der Waals surface area (Å²) < 4.78 is 0. The number of nitrogens with one attached hydrogen (secondary N) is 1. The molecule has 0 atom stereocenters. The molecule has 1 N–H and O–H groups in total. The lowest BCUT2D eigenvalue weighted by molar-refractivity contribution is 0.101. The number of hydrogen-bond donors (Lipinski definition) is 1. The van der Waals surface area contributed by atoms with Gasteiger partial charge in [-0.1, -0.05) is 53.5 Å². The molecule has 0 amide bonds. The van der Waals surface area contributed by atoms with Gasteiger partial charge in [0, 0.05) is 16.6 Å². The van der Waals surface area contributed by atoms with Crippen molar-refractivity contribution < 1.29 is 4.79 Å². The van der Waals surface area contributed by atoms with Crippen LogP contribution in [0.2, 0.25) is 10.0 Å². The van der Waals surface area contributed by atoms with Crippen molar-refractivity contribution in [2.45, 2.75) is 18.3 Å². The molecule has 122 valence electrons. The fourth-order valence-electron chi connectivity index (χ4n) is 4.00. The highest BCUT2D eigenvalue weighted by Crippen LogP contribution is 2.49. The van der Waals surface area contributed by atoms with Crippen LogP contribution in [0.3, 0.4) is 0 Å². The highest BCUT2D eigenvalue weighted by atomic mass is 35.5. The Hall–Kier alpha value is -1.61. The van der Waals surface area contributed by atoms with E-state index in [1.807, 2.05) is 12.1 Å². The number of allylic oxidation sites excluding steroid dienone is 1. The molecule has 1 spiro atoms. The molecule has 2 nitrogen and oxygen atoms in total. The van der Waals surface area contributed by atoms with Crippen LogP contribution in [0.25, 0.3) is 6.08 Å². The summed E-state index contributed by atoms with van der Waals surface area (Å²) in [5.74, 6) is -0.0133. The minimum absolute atomic E-state index is 0.0133. The number of piperidine rings is 1. The summed E-state index contributed by atoms with van der Waals surface area (Å²) in [4.78, 5) is 13.3. The molecule has 2 aromatic carbocycles. The van der Waals surface area contributed by atoms with Gasteiger partial charge in [0.2, 0.25) is 0 Å². The van der Waals surface area contributed by atoms with E-state index in [1.54, 1.807) is 18.2 Å². The highest BCUT2D eigenvalue weighted by molar-refractivity contribution is 6.44. The van der Waals surface area contributed by atoms with Crippen LogP contribution in [0, 0.1) is 0 Å². The molecule has 1 saturated heterocycles. The summed E-state index contributed by atoms with van der Waals surface area (Å²) in [7, 11) is 0. The lowest BCUT2D eigenvalue weighted by Crippen LogP contribution is -2.41. The number of rotatable bonds is 2. The molecule has 0 aromatic heterocycles. The van der Waals surface area contributed by atoms with E-state index in [9.17, 15) is 4.79 Å². The Morgan fingerprint density at radius 1 is 1.00 bits per heavy atom. The smallest absolute Gasteiger partial charge is 0.191 e. The molecule has 1 fully saturated rings. The van der Waals surface area contributed by atoms with Gasteiger partial charge in [0.25, 0.3) is 0 Å². The maximum atomic E-state index is 13.3. The Kier molecular flexibility index (Phi) is 4.00. The maximum absolute atomic E-state index is 13.3. The number of halogens is 2. The van der Waals surface area contributed by atoms with Crippen molar-refractivity contribution in [3.05, 3.63) is 74.8 Å². The number of hydrogen-bond acceptors (Lipinski definition) is 2. The number of benzene rings is 2. The van der Waals surface area contributed by atoms with Crippen molar-refractivity contribution in [1.82, 2.24) is 5.32 Å². The molecule has 4 rings (SSSR count). The molecule has 1 heterocycles. The van der Waals surface area contributed by atoms with Crippen molar-refractivity contribution in [2.24, 2.45) is 0 Å². The van der Waals surface area contributed by atoms with Crippen molar-refractivity contribution >= 4 is 35.1 Å². The predicted molar refractivity (Wildman–Crippen MR) is 99.0 cm³/mol. The Balaban J connectivity index is 1.85. The molecular weight excluding hydrogens is 341 g/mol. The number of ketones is 1. The first-order valence-corrected chi connectivity index (χ1v) is 8.90. The highest BCUT2D eigenvalue weighted by Gasteiger charge is 2.45. The van der Waals surface area contributed by atoms with E-state index < -0.39 is 0 Å². The first-order valence-electron chi connectivity index (χ1n) is 8.15. The molecular formula is C20H17Cl2NO. The van der Waals surface area contributed by atoms with Crippen molar-refractivity contribution in [1.29, 1.82) is 0 Å². The Morgan fingerprint density at radius 3 is 2.54 bits per heavy atom. The van der Waals surface area contributed by atoms with Gasteiger partial charge in [-0.3, -0.25) is 4.79 Å². The van der Waals surface area contributed by atoms with E-state index in [0.29, 0.717) is 15.6 Å². The maximum Gasteiger partial charge on any atom is 0.191 e. The summed E-state index contributed by atoms with van der Waals surface area (Å²) in [5, 5.41) is 4.15. The monoisotopic (exact) mass is 357 g/mol. The van der Waals surface area contributed by atoms with Crippen LogP contribution >= 0.6 is 23.2 Å². The van der Waals surface area contributed by atoms with Gasteiger partial charge < -0.3 is 5.32 Å². The fourth-order valence-corrected chi connectivity index (χ4v) is 4.38. The average Bonchev–Trinajstić information content (AvgIpc) is 2.92. The van der Waals surface area contributed by atoms with Crippen LogP contribution in [0.15, 0.2) is 48.0 Å². The molecule has 1 aliphatic heterocycles. The van der Waals surface area contributed by atoms with Gasteiger partial charge in [0.1, 0.15) is 0 Å². The molecule has 0 saturated carbocycles. The second-order valence-electron chi connectivity index (χ2n) is 6.41. The molecule has 0 radical (unpaired) electrons. The van der Waals surface area contributed by atoms with E-state index >= 15 is 0 Å². The van der Waals surface area contributed by atoms with E-state index in [1.165, 1.54) is 5.56 Å². The van der Waals surface area contributed by atoms with Crippen molar-refractivity contribution in [3.63, 3.8) is 0 Å². The van der Waals surface area contributed by atoms with Gasteiger partial charge in [-0.15, -0.1) is 0 Å². The van der Waals surface area contributed by atoms with Crippen LogP contribution in [-0.2, 0) is 5.41 Å². The van der Waals surface area contributed by atoms with Crippen molar-refractivity contribution in [3.8, 4) is 0 Å². The Bertz CT molecular complexity index is 850. The zero-order valence-electron chi connectivity index (χ0n) is 13.1. The van der Waals surface area contributed by atoms with Crippen LogP contribution in [0.5, 0.6) is 0 Å². The molecule has 24 heavy (non-hydrogen) atoms. The van der Waals surface area contributed by atoms with E-state index in [0.717, 1.165) is 37.1 Å². The number of Topliss-reactive ketones (excluding diaryl/α,β-unsaturated/α-hetero) is 1. The van der Waals surface area contributed by atoms with E-state index in [-0.39, 0.29) is 11.2 Å². The average molecular weight is 358 g/mol. The topological polar surface area (TPSA) is 29.1 Å². The standard InChI is InChI=1S/C20H17Cl2NO/c21-17-7-3-5-14(18(17)22)19(24)16-12-13-4-1-2-6-15(13)20(16)8-10-23-11-9-20/h1-7,12,23H,8-11H2. The Morgan fingerprint density at radius 2 is 1.75 bits per heavy atom. The number of fused-ring (bicyclic) bond motifs is 2. The third kappa shape index (κ3) is 2.33. The fraction of sp³-hybridized carbons (Fsp3) is 0.250. The first kappa shape index (κ1) is 15.9. The van der Waals surface area contributed by atoms with Gasteiger partial charge >= 0.3 is 0 Å². The van der Waals surface area contributed by atoms with Gasteiger partial charge in [0.05, 0.1) is 10.0 Å². The minimum atomic E-state index is -0.218. The number of carbonyl (C=O) groups is 1. The molecule has 0 bridgehead atoms. The summed E-state index contributed by atoms with van der Waals surface area (Å²) in [6, 6.07) is 13.5. The first-order chi connectivity index (χ1) is 11.6. The predicted octanol–water partition coefficient (Wildman–Crippen LogP) is 4.89. The summed E-state index contributed by atoms with van der Waals surface area (Å²) in [6.45, 7) is 1.81. The van der Waals surface area contributed by atoms with Crippen molar-refractivity contribution in [2.75, 3.05) is 13.1 Å². The van der Waals surface area contributed by atoms with Crippen LogP contribution in [-0.4, -0.2) is 18.9 Å². The minimum Gasteiger partial charge on any atom is -0.317 e. The zero-order valence-corrected chi connectivity index (χ0v) is 14.6. The quantitative estimate of drug-likeness (QED) is 0.774. The van der Waals surface area contributed by atoms with Gasteiger partial charge in [-0.25, -0.2) is 0 Å². The largest absolute Gasteiger partial charge is 0.317 e. The lowest BCUT2D eigenvalue weighted by atomic mass is 9.69. The number of carbonyl (C=O) groups excluding carboxylic acids is 1. The normalized spacial score (nSPS) is 18.3. The summed E-state index contributed by atoms with van der Waals surface area (Å²) in [5.41, 5.74) is 3.51. The second-order valence-corrected chi connectivity index (χ2v) is 7.19. The van der Waals surface area contributed by atoms with Crippen LogP contribution in [0.1, 0.15) is 34.3 Å². The summed E-state index contributed by atoms with van der Waals surface area (Å²) in [6.07, 6.45) is 3.87. The molecule has 2 aromatic rings. The van der Waals surface area contributed by atoms with Gasteiger partial charge in [-0.05, 0) is 55.3 Å². The van der Waals surface area contributed by atoms with Gasteiger partial charge in [0.15, 0.2) is 5.78 Å². The van der Waals surface area contributed by atoms with Crippen LogP contribution in [0.4, 0.5) is 0 Å². The molecule has 1 aliphatic carbocycles. The van der Waals surface area contributed by atoms with Crippen LogP contribution < -0.4 is 5.32 Å².